The Labute approximate surface area is 153 Å². The van der Waals surface area contributed by atoms with Crippen molar-refractivity contribution in [3.05, 3.63) is 29.5 Å². The van der Waals surface area contributed by atoms with Crippen LogP contribution in [0.25, 0.3) is 10.9 Å². The van der Waals surface area contributed by atoms with Crippen molar-refractivity contribution in [1.29, 1.82) is 0 Å². The van der Waals surface area contributed by atoms with E-state index in [4.69, 9.17) is 14.2 Å². The van der Waals surface area contributed by atoms with Crippen LogP contribution in [0.3, 0.4) is 0 Å². The van der Waals surface area contributed by atoms with E-state index in [1.54, 1.807) is 33.5 Å². The van der Waals surface area contributed by atoms with Gasteiger partial charge in [0.25, 0.3) is 5.91 Å². The minimum atomic E-state index is -0.138. The van der Waals surface area contributed by atoms with Gasteiger partial charge in [0, 0.05) is 18.0 Å². The summed E-state index contributed by atoms with van der Waals surface area (Å²) in [6, 6.07) is 3.54. The maximum absolute atomic E-state index is 12.5. The van der Waals surface area contributed by atoms with Crippen LogP contribution in [0.4, 0.5) is 0 Å². The lowest BCUT2D eigenvalue weighted by molar-refractivity contribution is 0.0950. The first kappa shape index (κ1) is 18.2. The summed E-state index contributed by atoms with van der Waals surface area (Å²) < 4.78 is 16.2. The zero-order valence-corrected chi connectivity index (χ0v) is 15.6. The van der Waals surface area contributed by atoms with Crippen LogP contribution in [0, 0.1) is 0 Å². The first-order chi connectivity index (χ1) is 12.7. The lowest BCUT2D eigenvalue weighted by Gasteiger charge is -2.12. The van der Waals surface area contributed by atoms with Crippen LogP contribution >= 0.6 is 0 Å². The second kappa shape index (κ2) is 8.17. The fourth-order valence-corrected chi connectivity index (χ4v) is 3.42. The predicted molar refractivity (Wildman–Crippen MR) is 101 cm³/mol. The van der Waals surface area contributed by atoms with E-state index in [9.17, 15) is 4.79 Å². The third-order valence-electron chi connectivity index (χ3n) is 4.80. The summed E-state index contributed by atoms with van der Waals surface area (Å²) in [5, 5.41) is 3.77. The molecule has 2 N–H and O–H groups in total. The molecule has 0 radical (unpaired) electrons. The van der Waals surface area contributed by atoms with Crippen molar-refractivity contribution >= 4 is 16.8 Å². The third kappa shape index (κ3) is 3.64. The van der Waals surface area contributed by atoms with Crippen molar-refractivity contribution in [2.45, 2.75) is 32.1 Å². The molecule has 0 atom stereocenters. The Morgan fingerprint density at radius 3 is 2.58 bits per heavy atom. The van der Waals surface area contributed by atoms with Crippen molar-refractivity contribution in [2.24, 2.45) is 0 Å². The summed E-state index contributed by atoms with van der Waals surface area (Å²) in [4.78, 5) is 15.7. The van der Waals surface area contributed by atoms with Crippen molar-refractivity contribution in [3.63, 3.8) is 0 Å². The van der Waals surface area contributed by atoms with E-state index in [0.29, 0.717) is 35.0 Å². The average Bonchev–Trinajstić information content (AvgIpc) is 3.12. The Kier molecular flexibility index (Phi) is 5.71. The number of hydrogen-bond acceptors (Lipinski definition) is 4. The van der Waals surface area contributed by atoms with Gasteiger partial charge < -0.3 is 24.5 Å². The molecule has 1 amide bonds. The Morgan fingerprint density at radius 2 is 1.92 bits per heavy atom. The van der Waals surface area contributed by atoms with Crippen LogP contribution in [0.15, 0.2) is 23.8 Å². The Balaban J connectivity index is 1.79. The molecule has 6 heteroatoms. The monoisotopic (exact) mass is 358 g/mol. The fraction of sp³-hybridized carbons (Fsp3) is 0.450. The predicted octanol–water partition coefficient (Wildman–Crippen LogP) is 3.81. The van der Waals surface area contributed by atoms with E-state index in [0.717, 1.165) is 24.6 Å². The largest absolute Gasteiger partial charge is 0.496 e. The van der Waals surface area contributed by atoms with Crippen molar-refractivity contribution < 1.29 is 19.0 Å². The van der Waals surface area contributed by atoms with E-state index in [-0.39, 0.29) is 5.91 Å². The van der Waals surface area contributed by atoms with Crippen LogP contribution in [0.5, 0.6) is 17.2 Å². The van der Waals surface area contributed by atoms with E-state index >= 15 is 0 Å². The van der Waals surface area contributed by atoms with Crippen molar-refractivity contribution in [3.8, 4) is 17.2 Å². The highest BCUT2D eigenvalue weighted by Gasteiger charge is 2.19. The molecule has 26 heavy (non-hydrogen) atoms. The van der Waals surface area contributed by atoms with Crippen LogP contribution in [0.1, 0.15) is 42.6 Å². The van der Waals surface area contributed by atoms with Crippen LogP contribution in [0.2, 0.25) is 0 Å². The molecule has 0 saturated heterocycles. The molecule has 1 aliphatic rings. The zero-order chi connectivity index (χ0) is 18.5. The summed E-state index contributed by atoms with van der Waals surface area (Å²) in [6.45, 7) is 0.637. The summed E-state index contributed by atoms with van der Waals surface area (Å²) in [5.74, 6) is 1.59. The highest BCUT2D eigenvalue weighted by atomic mass is 16.5. The number of hydrogen-bond donors (Lipinski definition) is 2. The number of aromatic nitrogens is 1. The van der Waals surface area contributed by atoms with E-state index in [1.165, 1.54) is 18.4 Å². The molecule has 2 aromatic rings. The average molecular weight is 358 g/mol. The van der Waals surface area contributed by atoms with Gasteiger partial charge in [-0.2, -0.15) is 0 Å². The van der Waals surface area contributed by atoms with Crippen LogP contribution in [-0.4, -0.2) is 38.8 Å². The Morgan fingerprint density at radius 1 is 1.12 bits per heavy atom. The molecule has 1 heterocycles. The smallest absolute Gasteiger partial charge is 0.267 e. The van der Waals surface area contributed by atoms with Crippen molar-refractivity contribution in [2.75, 3.05) is 27.9 Å². The molecule has 6 nitrogen and oxygen atoms in total. The number of allylic oxidation sites excluding steroid dienone is 1. The molecular formula is C20H26N2O4. The lowest BCUT2D eigenvalue weighted by atomic mass is 9.97. The van der Waals surface area contributed by atoms with E-state index < -0.39 is 0 Å². The van der Waals surface area contributed by atoms with E-state index in [2.05, 4.69) is 16.4 Å². The van der Waals surface area contributed by atoms with Gasteiger partial charge in [0.1, 0.15) is 11.4 Å². The first-order valence-corrected chi connectivity index (χ1v) is 8.95. The van der Waals surface area contributed by atoms with Crippen molar-refractivity contribution in [1.82, 2.24) is 10.3 Å². The minimum Gasteiger partial charge on any atom is -0.496 e. The molecule has 1 aromatic carbocycles. The third-order valence-corrected chi connectivity index (χ3v) is 4.80. The second-order valence-corrected chi connectivity index (χ2v) is 6.40. The number of rotatable bonds is 7. The number of methoxy groups -OCH3 is 3. The number of carbonyl (C=O) groups is 1. The minimum absolute atomic E-state index is 0.138. The molecule has 0 saturated carbocycles. The Bertz CT molecular complexity index is 823. The second-order valence-electron chi connectivity index (χ2n) is 6.40. The molecule has 1 aliphatic carbocycles. The molecule has 0 bridgehead atoms. The van der Waals surface area contributed by atoms with Gasteiger partial charge >= 0.3 is 0 Å². The molecule has 0 aliphatic heterocycles. The van der Waals surface area contributed by atoms with Gasteiger partial charge in [-0.25, -0.2) is 0 Å². The van der Waals surface area contributed by atoms with Crippen LogP contribution < -0.4 is 19.5 Å². The topological polar surface area (TPSA) is 72.6 Å². The number of amides is 1. The lowest BCUT2D eigenvalue weighted by Crippen LogP contribution is -2.25. The van der Waals surface area contributed by atoms with Gasteiger partial charge in [-0.05, 0) is 38.2 Å². The molecular weight excluding hydrogens is 332 g/mol. The number of benzene rings is 1. The quantitative estimate of drug-likeness (QED) is 0.738. The van der Waals surface area contributed by atoms with Gasteiger partial charge in [-0.3, -0.25) is 4.79 Å². The van der Waals surface area contributed by atoms with Crippen LogP contribution in [-0.2, 0) is 0 Å². The van der Waals surface area contributed by atoms with Gasteiger partial charge in [0.2, 0.25) is 0 Å². The summed E-state index contributed by atoms with van der Waals surface area (Å²) in [7, 11) is 4.73. The SMILES string of the molecule is COc1cc(OC)c2cc(C(=O)NCCC3=CCCCC3)[nH]c2c1OC. The maximum Gasteiger partial charge on any atom is 0.267 e. The summed E-state index contributed by atoms with van der Waals surface area (Å²) in [5.41, 5.74) is 2.60. The van der Waals surface area contributed by atoms with Gasteiger partial charge in [-0.15, -0.1) is 0 Å². The number of carbonyl (C=O) groups excluding carboxylic acids is 1. The molecule has 0 spiro atoms. The number of fused-ring (bicyclic) bond motifs is 1. The molecule has 140 valence electrons. The Hall–Kier alpha value is -2.63. The number of ether oxygens (including phenoxy) is 3. The number of H-pyrrole nitrogens is 1. The summed E-state index contributed by atoms with van der Waals surface area (Å²) in [6.07, 6.45) is 8.05. The molecule has 0 fully saturated rings. The standard InChI is InChI=1S/C20H26N2O4/c1-24-16-12-17(25-2)19(26-3)18-14(16)11-15(22-18)20(23)21-10-9-13-7-5-4-6-8-13/h7,11-12,22H,4-6,8-10H2,1-3H3,(H,21,23). The molecule has 0 unspecified atom stereocenters. The van der Waals surface area contributed by atoms with Gasteiger partial charge in [0.05, 0.1) is 26.8 Å². The maximum atomic E-state index is 12.5. The normalized spacial score (nSPS) is 14.0. The summed E-state index contributed by atoms with van der Waals surface area (Å²) >= 11 is 0. The first-order valence-electron chi connectivity index (χ1n) is 8.95. The fourth-order valence-electron chi connectivity index (χ4n) is 3.42. The number of nitrogens with one attached hydrogen (secondary N) is 2. The van der Waals surface area contributed by atoms with E-state index in [1.807, 2.05) is 0 Å². The van der Waals surface area contributed by atoms with Gasteiger partial charge in [-0.1, -0.05) is 11.6 Å². The molecule has 1 aromatic heterocycles. The highest BCUT2D eigenvalue weighted by molar-refractivity contribution is 6.02. The zero-order valence-electron chi connectivity index (χ0n) is 15.6. The number of aromatic amines is 1. The molecule has 3 rings (SSSR count). The van der Waals surface area contributed by atoms with Gasteiger partial charge in [0.15, 0.2) is 11.5 Å². The highest BCUT2D eigenvalue weighted by Crippen LogP contribution is 2.41.